The second-order valence-electron chi connectivity index (χ2n) is 6.78. The average molecular weight is 457 g/mol. The molecule has 1 saturated carbocycles. The van der Waals surface area contributed by atoms with Gasteiger partial charge in [-0.05, 0) is 50.8 Å². The monoisotopic (exact) mass is 456 g/mol. The topological polar surface area (TPSA) is 102 Å². The van der Waals surface area contributed by atoms with Crippen molar-refractivity contribution < 1.29 is 35.9 Å². The minimum Gasteiger partial charge on any atom is -0.454 e. The summed E-state index contributed by atoms with van der Waals surface area (Å²) in [4.78, 5) is 23.0. The van der Waals surface area contributed by atoms with Crippen molar-refractivity contribution in [3.8, 4) is 0 Å². The van der Waals surface area contributed by atoms with Crippen molar-refractivity contribution in [3.05, 3.63) is 28.8 Å². The van der Waals surface area contributed by atoms with E-state index in [1.54, 1.807) is 0 Å². The van der Waals surface area contributed by atoms with E-state index in [2.05, 4.69) is 5.32 Å². The van der Waals surface area contributed by atoms with Crippen molar-refractivity contribution in [1.82, 2.24) is 10.0 Å². The third-order valence-corrected chi connectivity index (χ3v) is 6.17. The first-order chi connectivity index (χ1) is 13.3. The first-order valence-corrected chi connectivity index (χ1v) is 10.5. The molecule has 0 heterocycles. The Bertz CT molecular complexity index is 888. The zero-order valence-electron chi connectivity index (χ0n) is 15.5. The van der Waals surface area contributed by atoms with Crippen molar-refractivity contribution in [2.24, 2.45) is 5.92 Å². The van der Waals surface area contributed by atoms with E-state index in [1.807, 2.05) is 11.6 Å². The maximum absolute atomic E-state index is 12.9. The summed E-state index contributed by atoms with van der Waals surface area (Å²) in [6, 6.07) is 0.566. The van der Waals surface area contributed by atoms with Gasteiger partial charge in [-0.25, -0.2) is 8.42 Å². The lowest BCUT2D eigenvalue weighted by Gasteiger charge is -2.16. The number of amides is 1. The molecular weight excluding hydrogens is 437 g/mol. The Morgan fingerprint density at radius 3 is 2.45 bits per heavy atom. The summed E-state index contributed by atoms with van der Waals surface area (Å²) in [5, 5.41) is 2.00. The largest absolute Gasteiger partial charge is 0.454 e. The summed E-state index contributed by atoms with van der Waals surface area (Å²) >= 11 is 5.47. The number of rotatable bonds is 8. The molecular formula is C17H20ClF3N2O5S. The van der Waals surface area contributed by atoms with E-state index < -0.39 is 56.2 Å². The molecule has 2 rings (SSSR count). The van der Waals surface area contributed by atoms with Crippen LogP contribution in [0.1, 0.15) is 32.3 Å². The molecule has 0 radical (unpaired) electrons. The van der Waals surface area contributed by atoms with Crippen molar-refractivity contribution >= 4 is 33.5 Å². The van der Waals surface area contributed by atoms with Gasteiger partial charge in [-0.2, -0.15) is 17.9 Å². The number of alkyl halides is 3. The number of carbonyl (C=O) groups excluding carboxylic acids is 2. The zero-order valence-corrected chi connectivity index (χ0v) is 17.1. The molecule has 12 heteroatoms. The Morgan fingerprint density at radius 1 is 1.28 bits per heavy atom. The molecule has 2 N–H and O–H groups in total. The highest BCUT2D eigenvalue weighted by atomic mass is 35.5. The van der Waals surface area contributed by atoms with Gasteiger partial charge in [0, 0.05) is 6.04 Å². The number of halogens is 4. The number of nitrogens with one attached hydrogen (secondary N) is 2. The van der Waals surface area contributed by atoms with Gasteiger partial charge < -0.3 is 10.1 Å². The molecule has 1 aliphatic carbocycles. The Morgan fingerprint density at radius 2 is 1.90 bits per heavy atom. The number of ether oxygens (including phenoxy) is 1. The Balaban J connectivity index is 1.96. The van der Waals surface area contributed by atoms with E-state index in [-0.39, 0.29) is 6.04 Å². The van der Waals surface area contributed by atoms with Gasteiger partial charge in [-0.1, -0.05) is 11.6 Å². The first-order valence-electron chi connectivity index (χ1n) is 8.66. The van der Waals surface area contributed by atoms with Gasteiger partial charge in [0.05, 0.1) is 15.5 Å². The number of carbonyl (C=O) groups is 2. The Kier molecular flexibility index (Phi) is 7.18. The van der Waals surface area contributed by atoms with Crippen LogP contribution in [0.2, 0.25) is 5.02 Å². The highest BCUT2D eigenvalue weighted by Gasteiger charge is 2.35. The summed E-state index contributed by atoms with van der Waals surface area (Å²) in [5.41, 5.74) is -1.32. The molecule has 0 bridgehead atoms. The van der Waals surface area contributed by atoms with Gasteiger partial charge in [0.25, 0.3) is 5.91 Å². The van der Waals surface area contributed by atoms with Crippen LogP contribution in [-0.2, 0) is 30.5 Å². The van der Waals surface area contributed by atoms with Gasteiger partial charge in [-0.15, -0.1) is 0 Å². The molecule has 0 aromatic heterocycles. The van der Waals surface area contributed by atoms with Crippen LogP contribution >= 0.6 is 11.6 Å². The molecule has 162 valence electrons. The second kappa shape index (κ2) is 8.88. The normalized spacial score (nSPS) is 16.8. The van der Waals surface area contributed by atoms with E-state index in [0.717, 1.165) is 31.9 Å². The zero-order chi connectivity index (χ0) is 22.0. The maximum atomic E-state index is 12.9. The predicted molar refractivity (Wildman–Crippen MR) is 97.5 cm³/mol. The third kappa shape index (κ3) is 6.58. The highest BCUT2D eigenvalue weighted by Crippen LogP contribution is 2.36. The van der Waals surface area contributed by atoms with Crippen LogP contribution in [0.15, 0.2) is 23.1 Å². The lowest BCUT2D eigenvalue weighted by Crippen LogP contribution is -2.42. The molecule has 0 saturated heterocycles. The second-order valence-corrected chi connectivity index (χ2v) is 8.90. The van der Waals surface area contributed by atoms with E-state index in [4.69, 9.17) is 16.3 Å². The first kappa shape index (κ1) is 23.4. The number of sulfonamides is 1. The van der Waals surface area contributed by atoms with Crippen molar-refractivity contribution in [2.45, 2.75) is 49.8 Å². The molecule has 1 fully saturated rings. The Hall–Kier alpha value is -1.85. The number of benzene rings is 1. The number of hydrogen-bond acceptors (Lipinski definition) is 5. The van der Waals surface area contributed by atoms with Crippen LogP contribution in [0.25, 0.3) is 0 Å². The molecule has 0 spiro atoms. The van der Waals surface area contributed by atoms with Gasteiger partial charge in [0.2, 0.25) is 10.0 Å². The fourth-order valence-corrected chi connectivity index (χ4v) is 3.95. The lowest BCUT2D eigenvalue weighted by atomic mass is 10.2. The van der Waals surface area contributed by atoms with Crippen LogP contribution in [0.4, 0.5) is 13.2 Å². The molecule has 1 aliphatic rings. The molecule has 0 aliphatic heterocycles. The van der Waals surface area contributed by atoms with Crippen LogP contribution in [0, 0.1) is 5.92 Å². The smallest absolute Gasteiger partial charge is 0.417 e. The Labute approximate surface area is 171 Å². The van der Waals surface area contributed by atoms with Gasteiger partial charge in [0.15, 0.2) is 6.61 Å². The fraction of sp³-hybridized carbons (Fsp3) is 0.529. The molecule has 1 aromatic rings. The number of esters is 1. The van der Waals surface area contributed by atoms with Gasteiger partial charge in [-0.3, -0.25) is 9.59 Å². The molecule has 7 nitrogen and oxygen atoms in total. The lowest BCUT2D eigenvalue weighted by molar-refractivity contribution is -0.150. The van der Waals surface area contributed by atoms with E-state index >= 15 is 0 Å². The molecule has 1 aromatic carbocycles. The van der Waals surface area contributed by atoms with Crippen LogP contribution < -0.4 is 10.0 Å². The fourth-order valence-electron chi connectivity index (χ4n) is 2.51. The minimum absolute atomic E-state index is 0.0511. The summed E-state index contributed by atoms with van der Waals surface area (Å²) in [6.07, 6.45) is -2.82. The SMILES string of the molecule is CC(NS(=O)(=O)c1ccc(Cl)c(C(F)(F)F)c1)C(=O)OCC(=O)NC(C)C1CC1. The highest BCUT2D eigenvalue weighted by molar-refractivity contribution is 7.89. The third-order valence-electron chi connectivity index (χ3n) is 4.30. The van der Waals surface area contributed by atoms with Crippen molar-refractivity contribution in [2.75, 3.05) is 6.61 Å². The standard InChI is InChI=1S/C17H20ClF3N2O5S/c1-9(11-3-4-11)22-15(24)8-28-16(25)10(2)23-29(26,27)12-5-6-14(18)13(7-12)17(19,20)21/h5-7,9-11,23H,3-4,8H2,1-2H3,(H,22,24). The predicted octanol–water partition coefficient (Wildman–Crippen LogP) is 2.48. The van der Waals surface area contributed by atoms with Gasteiger partial charge in [0.1, 0.15) is 6.04 Å². The quantitative estimate of drug-likeness (QED) is 0.585. The molecule has 29 heavy (non-hydrogen) atoms. The average Bonchev–Trinajstić information content (AvgIpc) is 3.43. The van der Waals surface area contributed by atoms with Crippen LogP contribution in [-0.4, -0.2) is 39.0 Å². The van der Waals surface area contributed by atoms with E-state index in [0.29, 0.717) is 12.0 Å². The van der Waals surface area contributed by atoms with Crippen molar-refractivity contribution in [3.63, 3.8) is 0 Å². The van der Waals surface area contributed by atoms with E-state index in [9.17, 15) is 31.2 Å². The maximum Gasteiger partial charge on any atom is 0.417 e. The van der Waals surface area contributed by atoms with Crippen molar-refractivity contribution in [1.29, 1.82) is 0 Å². The van der Waals surface area contributed by atoms with Crippen LogP contribution in [0.5, 0.6) is 0 Å². The summed E-state index contributed by atoms with van der Waals surface area (Å²) in [6.45, 7) is 2.38. The molecule has 2 unspecified atom stereocenters. The van der Waals surface area contributed by atoms with E-state index in [1.165, 1.54) is 0 Å². The summed E-state index contributed by atoms with van der Waals surface area (Å²) in [5.74, 6) is -1.17. The van der Waals surface area contributed by atoms with Gasteiger partial charge >= 0.3 is 12.1 Å². The minimum atomic E-state index is -4.85. The van der Waals surface area contributed by atoms with Crippen LogP contribution in [0.3, 0.4) is 0 Å². The molecule has 2 atom stereocenters. The number of hydrogen-bond donors (Lipinski definition) is 2. The molecule has 1 amide bonds. The summed E-state index contributed by atoms with van der Waals surface area (Å²) in [7, 11) is -4.47. The summed E-state index contributed by atoms with van der Waals surface area (Å²) < 4.78 is 70.0.